The van der Waals surface area contributed by atoms with Gasteiger partial charge in [-0.1, -0.05) is 43.6 Å². The zero-order chi connectivity index (χ0) is 9.61. The average Bonchev–Trinajstić information content (AvgIpc) is 1.96. The fourth-order valence-corrected chi connectivity index (χ4v) is 1.54. The van der Waals surface area contributed by atoms with Gasteiger partial charge >= 0.3 is 0 Å². The van der Waals surface area contributed by atoms with Crippen molar-refractivity contribution in [1.82, 2.24) is 4.90 Å². The topological polar surface area (TPSA) is 3.24 Å². The van der Waals surface area contributed by atoms with Gasteiger partial charge in [0.05, 0.1) is 0 Å². The fraction of sp³-hybridized carbons (Fsp3) is 1.00. The first-order valence-corrected chi connectivity index (χ1v) is 5.90. The lowest BCUT2D eigenvalue weighted by molar-refractivity contribution is 0.248. The molecule has 0 fully saturated rings. The zero-order valence-corrected chi connectivity index (χ0v) is 10.4. The first-order chi connectivity index (χ1) is 5.49. The van der Waals surface area contributed by atoms with E-state index in [1.807, 2.05) is 0 Å². The Balaban J connectivity index is 3.58. The number of nitrogens with zero attached hydrogens (tertiary/aromatic N) is 1. The van der Waals surface area contributed by atoms with Crippen LogP contribution in [0.25, 0.3) is 0 Å². The summed E-state index contributed by atoms with van der Waals surface area (Å²) in [6.45, 7) is 12.7. The van der Waals surface area contributed by atoms with Crippen molar-refractivity contribution in [3.8, 4) is 0 Å². The SMILES string of the molecule is CCN(CCBr)CCC(C)(C)C. The molecule has 0 bridgehead atoms. The van der Waals surface area contributed by atoms with E-state index in [2.05, 4.69) is 48.5 Å². The Bertz CT molecular complexity index is 107. The predicted molar refractivity (Wildman–Crippen MR) is 60.0 cm³/mol. The Hall–Kier alpha value is 0.440. The molecule has 0 aliphatic rings. The molecule has 0 aliphatic carbocycles. The Morgan fingerprint density at radius 2 is 1.75 bits per heavy atom. The normalized spacial score (nSPS) is 12.5. The highest BCUT2D eigenvalue weighted by molar-refractivity contribution is 9.09. The highest BCUT2D eigenvalue weighted by Crippen LogP contribution is 2.18. The number of halogens is 1. The Morgan fingerprint density at radius 1 is 1.17 bits per heavy atom. The lowest BCUT2D eigenvalue weighted by atomic mass is 9.92. The molecule has 0 aromatic heterocycles. The van der Waals surface area contributed by atoms with Crippen molar-refractivity contribution >= 4 is 15.9 Å². The largest absolute Gasteiger partial charge is 0.303 e. The molecule has 0 amide bonds. The summed E-state index contributed by atoms with van der Waals surface area (Å²) in [5.74, 6) is 0. The monoisotopic (exact) mass is 235 g/mol. The summed E-state index contributed by atoms with van der Waals surface area (Å²) in [7, 11) is 0. The van der Waals surface area contributed by atoms with Crippen LogP contribution in [0.1, 0.15) is 34.1 Å². The van der Waals surface area contributed by atoms with Gasteiger partial charge in [0, 0.05) is 11.9 Å². The van der Waals surface area contributed by atoms with Gasteiger partial charge < -0.3 is 4.90 Å². The van der Waals surface area contributed by atoms with E-state index >= 15 is 0 Å². The predicted octanol–water partition coefficient (Wildman–Crippen LogP) is 3.14. The summed E-state index contributed by atoms with van der Waals surface area (Å²) < 4.78 is 0. The summed E-state index contributed by atoms with van der Waals surface area (Å²) in [6.07, 6.45) is 1.29. The van der Waals surface area contributed by atoms with E-state index in [-0.39, 0.29) is 0 Å². The lowest BCUT2D eigenvalue weighted by Gasteiger charge is -2.24. The van der Waals surface area contributed by atoms with Crippen LogP contribution in [0.2, 0.25) is 0 Å². The second kappa shape index (κ2) is 5.98. The van der Waals surface area contributed by atoms with E-state index in [4.69, 9.17) is 0 Å². The van der Waals surface area contributed by atoms with Gasteiger partial charge in [-0.15, -0.1) is 0 Å². The maximum Gasteiger partial charge on any atom is 0.0159 e. The quantitative estimate of drug-likeness (QED) is 0.663. The van der Waals surface area contributed by atoms with Crippen LogP contribution in [-0.2, 0) is 0 Å². The van der Waals surface area contributed by atoms with Crippen LogP contribution < -0.4 is 0 Å². The lowest BCUT2D eigenvalue weighted by Crippen LogP contribution is -2.29. The van der Waals surface area contributed by atoms with Crippen LogP contribution >= 0.6 is 15.9 Å². The van der Waals surface area contributed by atoms with E-state index in [1.165, 1.54) is 26.1 Å². The van der Waals surface area contributed by atoms with Gasteiger partial charge in [-0.05, 0) is 24.9 Å². The molecule has 0 atom stereocenters. The van der Waals surface area contributed by atoms with Crippen LogP contribution in [0, 0.1) is 5.41 Å². The van der Waals surface area contributed by atoms with Crippen LogP contribution in [0.5, 0.6) is 0 Å². The van der Waals surface area contributed by atoms with Crippen molar-refractivity contribution in [2.24, 2.45) is 5.41 Å². The van der Waals surface area contributed by atoms with Gasteiger partial charge in [0.2, 0.25) is 0 Å². The van der Waals surface area contributed by atoms with Crippen LogP contribution in [0.3, 0.4) is 0 Å². The summed E-state index contributed by atoms with van der Waals surface area (Å²) in [4.78, 5) is 2.49. The van der Waals surface area contributed by atoms with Crippen molar-refractivity contribution in [3.05, 3.63) is 0 Å². The molecule has 0 aromatic carbocycles. The molecule has 0 heterocycles. The first kappa shape index (κ1) is 12.4. The van der Waals surface area contributed by atoms with Gasteiger partial charge in [0.1, 0.15) is 0 Å². The summed E-state index contributed by atoms with van der Waals surface area (Å²) in [6, 6.07) is 0. The van der Waals surface area contributed by atoms with Crippen molar-refractivity contribution in [1.29, 1.82) is 0 Å². The van der Waals surface area contributed by atoms with E-state index in [0.29, 0.717) is 5.41 Å². The number of alkyl halides is 1. The zero-order valence-electron chi connectivity index (χ0n) is 8.86. The fourth-order valence-electron chi connectivity index (χ4n) is 1.04. The van der Waals surface area contributed by atoms with Gasteiger partial charge in [0.25, 0.3) is 0 Å². The maximum absolute atomic E-state index is 3.47. The molecule has 0 unspecified atom stereocenters. The van der Waals surface area contributed by atoms with Crippen molar-refractivity contribution in [3.63, 3.8) is 0 Å². The van der Waals surface area contributed by atoms with Gasteiger partial charge in [0.15, 0.2) is 0 Å². The maximum atomic E-state index is 3.47. The molecular formula is C10H22BrN. The third kappa shape index (κ3) is 7.11. The van der Waals surface area contributed by atoms with Crippen molar-refractivity contribution in [2.75, 3.05) is 25.0 Å². The van der Waals surface area contributed by atoms with E-state index in [9.17, 15) is 0 Å². The molecule has 74 valence electrons. The Morgan fingerprint density at radius 3 is 2.08 bits per heavy atom. The number of hydrogen-bond acceptors (Lipinski definition) is 1. The Kier molecular flexibility index (Phi) is 6.20. The molecule has 2 heteroatoms. The molecule has 0 rings (SSSR count). The van der Waals surface area contributed by atoms with Gasteiger partial charge in [-0.3, -0.25) is 0 Å². The Labute approximate surface area is 85.7 Å². The summed E-state index contributed by atoms with van der Waals surface area (Å²) in [5, 5.41) is 1.09. The third-order valence-electron chi connectivity index (χ3n) is 2.03. The smallest absolute Gasteiger partial charge is 0.0159 e. The minimum atomic E-state index is 0.472. The number of rotatable bonds is 5. The molecule has 0 spiro atoms. The summed E-state index contributed by atoms with van der Waals surface area (Å²) in [5.41, 5.74) is 0.472. The molecule has 0 saturated carbocycles. The molecule has 0 N–H and O–H groups in total. The van der Waals surface area contributed by atoms with Gasteiger partial charge in [-0.2, -0.15) is 0 Å². The van der Waals surface area contributed by atoms with Crippen molar-refractivity contribution < 1.29 is 0 Å². The average molecular weight is 236 g/mol. The highest BCUT2D eigenvalue weighted by Gasteiger charge is 2.11. The standard InChI is InChI=1S/C10H22BrN/c1-5-12(9-7-11)8-6-10(2,3)4/h5-9H2,1-4H3. The van der Waals surface area contributed by atoms with E-state index in [0.717, 1.165) is 5.33 Å². The first-order valence-electron chi connectivity index (χ1n) is 4.78. The van der Waals surface area contributed by atoms with Crippen LogP contribution in [-0.4, -0.2) is 29.9 Å². The van der Waals surface area contributed by atoms with E-state index < -0.39 is 0 Å². The molecule has 0 aliphatic heterocycles. The van der Waals surface area contributed by atoms with Gasteiger partial charge in [-0.25, -0.2) is 0 Å². The minimum Gasteiger partial charge on any atom is -0.303 e. The minimum absolute atomic E-state index is 0.472. The highest BCUT2D eigenvalue weighted by atomic mass is 79.9. The summed E-state index contributed by atoms with van der Waals surface area (Å²) >= 11 is 3.47. The van der Waals surface area contributed by atoms with Crippen molar-refractivity contribution in [2.45, 2.75) is 34.1 Å². The van der Waals surface area contributed by atoms with E-state index in [1.54, 1.807) is 0 Å². The molecular weight excluding hydrogens is 214 g/mol. The molecule has 0 saturated heterocycles. The molecule has 0 radical (unpaired) electrons. The molecule has 1 nitrogen and oxygen atoms in total. The number of hydrogen-bond donors (Lipinski definition) is 0. The van der Waals surface area contributed by atoms with Crippen LogP contribution in [0.4, 0.5) is 0 Å². The van der Waals surface area contributed by atoms with Crippen LogP contribution in [0.15, 0.2) is 0 Å². The molecule has 0 aromatic rings. The third-order valence-corrected chi connectivity index (χ3v) is 2.38. The second-order valence-corrected chi connectivity index (χ2v) is 5.23. The second-order valence-electron chi connectivity index (χ2n) is 4.43. The molecule has 12 heavy (non-hydrogen) atoms.